The van der Waals surface area contributed by atoms with Crippen molar-refractivity contribution < 1.29 is 0 Å². The lowest BCUT2D eigenvalue weighted by Crippen LogP contribution is -2.00. The maximum Gasteiger partial charge on any atom is 0.187 e. The Hall–Kier alpha value is -0.610. The van der Waals surface area contributed by atoms with Gasteiger partial charge < -0.3 is 5.73 Å². The fraction of sp³-hybridized carbons (Fsp3) is 0.500. The molecule has 0 amide bonds. The molecule has 0 saturated carbocycles. The molecule has 2 N–H and O–H groups in total. The summed E-state index contributed by atoms with van der Waals surface area (Å²) in [6.07, 6.45) is 2.80. The number of aromatic nitrogens is 2. The molecule has 12 heavy (non-hydrogen) atoms. The van der Waals surface area contributed by atoms with Gasteiger partial charge in [0.1, 0.15) is 0 Å². The van der Waals surface area contributed by atoms with Crippen LogP contribution < -0.4 is 5.73 Å². The number of rotatable bonds is 4. The van der Waals surface area contributed by atoms with Crippen LogP contribution in [0.3, 0.4) is 0 Å². The summed E-state index contributed by atoms with van der Waals surface area (Å²) in [5, 5.41) is 0.850. The number of thioether (sulfide) groups is 1. The second kappa shape index (κ2) is 5.11. The molecule has 1 rings (SSSR count). The van der Waals surface area contributed by atoms with Crippen molar-refractivity contribution in [1.29, 1.82) is 0 Å². The zero-order valence-electron chi connectivity index (χ0n) is 7.16. The van der Waals surface area contributed by atoms with E-state index in [-0.39, 0.29) is 0 Å². The van der Waals surface area contributed by atoms with Crippen LogP contribution in [-0.4, -0.2) is 22.3 Å². The van der Waals surface area contributed by atoms with Crippen LogP contribution in [0.2, 0.25) is 0 Å². The summed E-state index contributed by atoms with van der Waals surface area (Å²) >= 11 is 1.66. The lowest BCUT2D eigenvalue weighted by Gasteiger charge is -1.98. The topological polar surface area (TPSA) is 51.8 Å². The van der Waals surface area contributed by atoms with Gasteiger partial charge in [0.05, 0.1) is 0 Å². The first-order chi connectivity index (χ1) is 5.83. The molecule has 0 aromatic carbocycles. The highest BCUT2D eigenvalue weighted by molar-refractivity contribution is 7.99. The predicted octanol–water partition coefficient (Wildman–Crippen LogP) is 1.23. The molecule has 4 heteroatoms. The lowest BCUT2D eigenvalue weighted by molar-refractivity contribution is 0.912. The van der Waals surface area contributed by atoms with Gasteiger partial charge in [-0.15, -0.1) is 0 Å². The zero-order valence-corrected chi connectivity index (χ0v) is 7.97. The van der Waals surface area contributed by atoms with Crippen LogP contribution in [0.1, 0.15) is 12.1 Å². The second-order valence-electron chi connectivity index (χ2n) is 2.47. The van der Waals surface area contributed by atoms with E-state index < -0.39 is 0 Å². The molecule has 0 bridgehead atoms. The van der Waals surface area contributed by atoms with Crippen molar-refractivity contribution in [3.05, 3.63) is 18.0 Å². The summed E-state index contributed by atoms with van der Waals surface area (Å²) in [4.78, 5) is 8.38. The van der Waals surface area contributed by atoms with E-state index in [4.69, 9.17) is 5.73 Å². The van der Waals surface area contributed by atoms with Gasteiger partial charge in [0, 0.05) is 17.6 Å². The summed E-state index contributed by atoms with van der Waals surface area (Å²) in [5.74, 6) is 1.000. The standard InChI is InChI=1S/C8H13N3S/c1-7-3-5-10-8(11-7)12-6-2-4-9/h3,5H,2,4,6,9H2,1H3. The van der Waals surface area contributed by atoms with Gasteiger partial charge in [-0.1, -0.05) is 11.8 Å². The van der Waals surface area contributed by atoms with Gasteiger partial charge >= 0.3 is 0 Å². The highest BCUT2D eigenvalue weighted by Gasteiger charge is 1.95. The highest BCUT2D eigenvalue weighted by Crippen LogP contribution is 2.12. The molecule has 0 aliphatic rings. The SMILES string of the molecule is Cc1ccnc(SCCCN)n1. The normalized spacial score (nSPS) is 10.2. The number of aryl methyl sites for hydroxylation is 1. The van der Waals surface area contributed by atoms with Crippen molar-refractivity contribution in [1.82, 2.24) is 9.97 Å². The zero-order chi connectivity index (χ0) is 8.81. The van der Waals surface area contributed by atoms with E-state index in [9.17, 15) is 0 Å². The maximum atomic E-state index is 5.37. The van der Waals surface area contributed by atoms with Crippen molar-refractivity contribution in [3.8, 4) is 0 Å². The molecule has 0 fully saturated rings. The first-order valence-corrected chi connectivity index (χ1v) is 4.94. The van der Waals surface area contributed by atoms with Gasteiger partial charge in [0.25, 0.3) is 0 Å². The quantitative estimate of drug-likeness (QED) is 0.433. The smallest absolute Gasteiger partial charge is 0.187 e. The molecule has 0 unspecified atom stereocenters. The molecule has 1 heterocycles. The molecule has 0 atom stereocenters. The summed E-state index contributed by atoms with van der Waals surface area (Å²) in [6, 6.07) is 1.90. The number of hydrogen-bond donors (Lipinski definition) is 1. The highest BCUT2D eigenvalue weighted by atomic mass is 32.2. The minimum atomic E-state index is 0.735. The van der Waals surface area contributed by atoms with Gasteiger partial charge in [-0.2, -0.15) is 0 Å². The maximum absolute atomic E-state index is 5.37. The third-order valence-corrected chi connectivity index (χ3v) is 2.30. The van der Waals surface area contributed by atoms with Crippen LogP contribution in [0, 0.1) is 6.92 Å². The molecule has 0 radical (unpaired) electrons. The fourth-order valence-corrected chi connectivity index (χ4v) is 1.58. The van der Waals surface area contributed by atoms with E-state index >= 15 is 0 Å². The lowest BCUT2D eigenvalue weighted by atomic mass is 10.5. The molecule has 0 aliphatic carbocycles. The molecule has 0 aliphatic heterocycles. The van der Waals surface area contributed by atoms with Gasteiger partial charge in [0.15, 0.2) is 5.16 Å². The molecular weight excluding hydrogens is 170 g/mol. The Labute approximate surface area is 76.8 Å². The van der Waals surface area contributed by atoms with E-state index in [1.165, 1.54) is 0 Å². The molecule has 0 saturated heterocycles. The van der Waals surface area contributed by atoms with Crippen molar-refractivity contribution in [2.75, 3.05) is 12.3 Å². The predicted molar refractivity (Wildman–Crippen MR) is 51.2 cm³/mol. The Balaban J connectivity index is 2.41. The van der Waals surface area contributed by atoms with Crippen molar-refractivity contribution in [2.24, 2.45) is 5.73 Å². The third-order valence-electron chi connectivity index (χ3n) is 1.35. The van der Waals surface area contributed by atoms with E-state index in [1.807, 2.05) is 13.0 Å². The summed E-state index contributed by atoms with van der Waals surface area (Å²) in [7, 11) is 0. The largest absolute Gasteiger partial charge is 0.330 e. The van der Waals surface area contributed by atoms with Crippen LogP contribution in [0.15, 0.2) is 17.4 Å². The average Bonchev–Trinajstić information content (AvgIpc) is 2.05. The minimum absolute atomic E-state index is 0.735. The number of nitrogens with two attached hydrogens (primary N) is 1. The minimum Gasteiger partial charge on any atom is -0.330 e. The fourth-order valence-electron chi connectivity index (χ4n) is 0.742. The van der Waals surface area contributed by atoms with Crippen molar-refractivity contribution in [3.63, 3.8) is 0 Å². The third kappa shape index (κ3) is 3.19. The van der Waals surface area contributed by atoms with Crippen molar-refractivity contribution >= 4 is 11.8 Å². The van der Waals surface area contributed by atoms with E-state index in [1.54, 1.807) is 18.0 Å². The molecular formula is C8H13N3S. The van der Waals surface area contributed by atoms with Crippen LogP contribution in [0.25, 0.3) is 0 Å². The van der Waals surface area contributed by atoms with Crippen LogP contribution in [-0.2, 0) is 0 Å². The van der Waals surface area contributed by atoms with Crippen LogP contribution >= 0.6 is 11.8 Å². The van der Waals surface area contributed by atoms with Gasteiger partial charge in [-0.3, -0.25) is 0 Å². The van der Waals surface area contributed by atoms with Gasteiger partial charge in [-0.05, 0) is 26.0 Å². The first kappa shape index (κ1) is 9.48. The number of nitrogens with zero attached hydrogens (tertiary/aromatic N) is 2. The molecule has 66 valence electrons. The first-order valence-electron chi connectivity index (χ1n) is 3.95. The summed E-state index contributed by atoms with van der Waals surface area (Å²) in [5.41, 5.74) is 6.38. The number of hydrogen-bond acceptors (Lipinski definition) is 4. The van der Waals surface area contributed by atoms with Crippen LogP contribution in [0.4, 0.5) is 0 Å². The Morgan fingerprint density at radius 3 is 3.08 bits per heavy atom. The van der Waals surface area contributed by atoms with Crippen LogP contribution in [0.5, 0.6) is 0 Å². The van der Waals surface area contributed by atoms with E-state index in [0.717, 1.165) is 29.6 Å². The molecule has 1 aromatic heterocycles. The van der Waals surface area contributed by atoms with E-state index in [0.29, 0.717) is 0 Å². The molecule has 0 spiro atoms. The Bertz CT molecular complexity index is 239. The summed E-state index contributed by atoms with van der Waals surface area (Å²) < 4.78 is 0. The van der Waals surface area contributed by atoms with E-state index in [2.05, 4.69) is 9.97 Å². The second-order valence-corrected chi connectivity index (χ2v) is 3.53. The average molecular weight is 183 g/mol. The molecule has 3 nitrogen and oxygen atoms in total. The van der Waals surface area contributed by atoms with Crippen molar-refractivity contribution in [2.45, 2.75) is 18.5 Å². The van der Waals surface area contributed by atoms with Gasteiger partial charge in [0.2, 0.25) is 0 Å². The van der Waals surface area contributed by atoms with Gasteiger partial charge in [-0.25, -0.2) is 9.97 Å². The Kier molecular flexibility index (Phi) is 4.04. The Morgan fingerprint density at radius 2 is 2.42 bits per heavy atom. The Morgan fingerprint density at radius 1 is 1.58 bits per heavy atom. The summed E-state index contributed by atoms with van der Waals surface area (Å²) in [6.45, 7) is 2.70. The molecule has 1 aromatic rings. The monoisotopic (exact) mass is 183 g/mol.